The van der Waals surface area contributed by atoms with Crippen molar-refractivity contribution in [2.75, 3.05) is 27.2 Å². The molecule has 0 radical (unpaired) electrons. The molecule has 0 saturated heterocycles. The number of fused-ring (bicyclic) bond motifs is 3. The summed E-state index contributed by atoms with van der Waals surface area (Å²) in [5.74, 6) is 0.886. The summed E-state index contributed by atoms with van der Waals surface area (Å²) in [6.07, 6.45) is 0. The van der Waals surface area contributed by atoms with Gasteiger partial charge >= 0.3 is 0 Å². The van der Waals surface area contributed by atoms with E-state index in [9.17, 15) is 0 Å². The number of rotatable bonds is 5. The van der Waals surface area contributed by atoms with E-state index in [-0.39, 0.29) is 0 Å². The Morgan fingerprint density at radius 3 is 2.67 bits per heavy atom. The minimum atomic E-state index is 0.475. The zero-order chi connectivity index (χ0) is 14.8. The number of hydrogen-bond donors (Lipinski definition) is 2. The lowest BCUT2D eigenvalue weighted by atomic mass is 10.1. The molecule has 0 aliphatic carbocycles. The molecule has 4 nitrogen and oxygen atoms in total. The molecule has 3 N–H and O–H groups in total. The first-order valence-electron chi connectivity index (χ1n) is 7.20. The number of para-hydroxylation sites is 1. The highest BCUT2D eigenvalue weighted by molar-refractivity contribution is 6.07. The molecule has 0 amide bonds. The Labute approximate surface area is 124 Å². The zero-order valence-corrected chi connectivity index (χ0v) is 12.5. The first kappa shape index (κ1) is 13.9. The van der Waals surface area contributed by atoms with Gasteiger partial charge in [-0.15, -0.1) is 0 Å². The van der Waals surface area contributed by atoms with Crippen LogP contribution in [0.2, 0.25) is 0 Å². The molecule has 4 heteroatoms. The molecule has 3 rings (SSSR count). The Bertz CT molecular complexity index is 761. The summed E-state index contributed by atoms with van der Waals surface area (Å²) in [5.41, 5.74) is 9.15. The number of nitrogens with zero attached hydrogens (tertiary/aromatic N) is 1. The molecule has 110 valence electrons. The zero-order valence-electron chi connectivity index (χ0n) is 12.5. The van der Waals surface area contributed by atoms with Crippen molar-refractivity contribution in [3.63, 3.8) is 0 Å². The van der Waals surface area contributed by atoms with Gasteiger partial charge < -0.3 is 20.4 Å². The van der Waals surface area contributed by atoms with Crippen molar-refractivity contribution >= 4 is 21.8 Å². The van der Waals surface area contributed by atoms with Crippen LogP contribution in [0.5, 0.6) is 5.75 Å². The molecule has 0 aliphatic heterocycles. The number of nitrogens with one attached hydrogen (secondary N) is 1. The number of nitrogens with two attached hydrogens (primary N) is 1. The summed E-state index contributed by atoms with van der Waals surface area (Å²) in [7, 11) is 4.08. The fourth-order valence-electron chi connectivity index (χ4n) is 2.56. The minimum Gasteiger partial charge on any atom is -0.492 e. The van der Waals surface area contributed by atoms with Crippen molar-refractivity contribution in [1.29, 1.82) is 0 Å². The van der Waals surface area contributed by atoms with Crippen molar-refractivity contribution in [2.24, 2.45) is 5.73 Å². The molecular weight excluding hydrogens is 262 g/mol. The van der Waals surface area contributed by atoms with Crippen LogP contribution in [0.25, 0.3) is 21.8 Å². The fraction of sp³-hybridized carbons (Fsp3) is 0.294. The number of H-pyrrole nitrogens is 1. The Hall–Kier alpha value is -2.04. The van der Waals surface area contributed by atoms with E-state index in [4.69, 9.17) is 10.5 Å². The van der Waals surface area contributed by atoms with Crippen LogP contribution in [0.15, 0.2) is 36.4 Å². The third kappa shape index (κ3) is 2.73. The van der Waals surface area contributed by atoms with Gasteiger partial charge in [0.05, 0.1) is 0 Å². The molecule has 0 bridgehead atoms. The monoisotopic (exact) mass is 283 g/mol. The number of likely N-dealkylation sites (N-methyl/N-ethyl adjacent to an activating group) is 1. The van der Waals surface area contributed by atoms with Crippen LogP contribution in [-0.2, 0) is 6.54 Å². The van der Waals surface area contributed by atoms with Crippen molar-refractivity contribution in [3.05, 3.63) is 42.0 Å². The highest BCUT2D eigenvalue weighted by atomic mass is 16.5. The molecular formula is C17H21N3O. The van der Waals surface area contributed by atoms with Crippen molar-refractivity contribution in [2.45, 2.75) is 6.54 Å². The van der Waals surface area contributed by atoms with E-state index in [1.807, 2.05) is 20.2 Å². The SMILES string of the molecule is CN(C)CCOc1cc2c(cc1CN)[nH]c1ccccc12. The highest BCUT2D eigenvalue weighted by Crippen LogP contribution is 2.31. The lowest BCUT2D eigenvalue weighted by Crippen LogP contribution is -2.19. The second-order valence-corrected chi connectivity index (χ2v) is 5.53. The topological polar surface area (TPSA) is 54.3 Å². The summed E-state index contributed by atoms with van der Waals surface area (Å²) in [4.78, 5) is 5.54. The van der Waals surface area contributed by atoms with Crippen molar-refractivity contribution in [3.8, 4) is 5.75 Å². The van der Waals surface area contributed by atoms with E-state index in [0.29, 0.717) is 13.2 Å². The largest absolute Gasteiger partial charge is 0.492 e. The molecule has 3 aromatic rings. The number of hydrogen-bond acceptors (Lipinski definition) is 3. The van der Waals surface area contributed by atoms with E-state index >= 15 is 0 Å². The smallest absolute Gasteiger partial charge is 0.124 e. The summed E-state index contributed by atoms with van der Waals surface area (Å²) < 4.78 is 5.93. The van der Waals surface area contributed by atoms with Gasteiger partial charge in [-0.2, -0.15) is 0 Å². The number of benzene rings is 2. The van der Waals surface area contributed by atoms with Gasteiger partial charge in [0, 0.05) is 40.5 Å². The number of ether oxygens (including phenoxy) is 1. The van der Waals surface area contributed by atoms with Crippen molar-refractivity contribution < 1.29 is 4.74 Å². The molecule has 0 aliphatic rings. The molecule has 1 heterocycles. The fourth-order valence-corrected chi connectivity index (χ4v) is 2.56. The van der Waals surface area contributed by atoms with Crippen LogP contribution >= 0.6 is 0 Å². The van der Waals surface area contributed by atoms with Crippen LogP contribution in [0, 0.1) is 0 Å². The predicted molar refractivity (Wildman–Crippen MR) is 87.7 cm³/mol. The maximum atomic E-state index is 5.93. The van der Waals surface area contributed by atoms with E-state index in [1.54, 1.807) is 0 Å². The van der Waals surface area contributed by atoms with E-state index in [2.05, 4.69) is 40.2 Å². The maximum Gasteiger partial charge on any atom is 0.124 e. The Kier molecular flexibility index (Phi) is 3.82. The normalized spacial score (nSPS) is 11.6. The third-order valence-electron chi connectivity index (χ3n) is 3.70. The Morgan fingerprint density at radius 1 is 1.10 bits per heavy atom. The molecule has 1 aromatic heterocycles. The molecule has 2 aromatic carbocycles. The first-order valence-corrected chi connectivity index (χ1v) is 7.20. The highest BCUT2D eigenvalue weighted by Gasteiger charge is 2.10. The standard InChI is InChI=1S/C17H21N3O/c1-20(2)7-8-21-17-10-14-13-5-3-4-6-15(13)19-16(14)9-12(17)11-18/h3-6,9-10,19H,7-8,11,18H2,1-2H3. The average Bonchev–Trinajstić information content (AvgIpc) is 2.83. The molecule has 0 atom stereocenters. The van der Waals surface area contributed by atoms with Crippen LogP contribution in [-0.4, -0.2) is 37.1 Å². The maximum absolute atomic E-state index is 5.93. The van der Waals surface area contributed by atoms with Gasteiger partial charge in [0.15, 0.2) is 0 Å². The van der Waals surface area contributed by atoms with Gasteiger partial charge in [0.1, 0.15) is 12.4 Å². The molecule has 0 saturated carbocycles. The molecule has 0 spiro atoms. The van der Waals surface area contributed by atoms with Gasteiger partial charge in [-0.05, 0) is 32.3 Å². The van der Waals surface area contributed by atoms with E-state index in [1.165, 1.54) is 10.8 Å². The van der Waals surface area contributed by atoms with Gasteiger partial charge in [-0.1, -0.05) is 18.2 Å². The lowest BCUT2D eigenvalue weighted by molar-refractivity contribution is 0.260. The van der Waals surface area contributed by atoms with E-state index in [0.717, 1.165) is 28.9 Å². The predicted octanol–water partition coefficient (Wildman–Crippen LogP) is 2.72. The number of aromatic nitrogens is 1. The van der Waals surface area contributed by atoms with Crippen LogP contribution in [0.3, 0.4) is 0 Å². The summed E-state index contributed by atoms with van der Waals surface area (Å²) >= 11 is 0. The van der Waals surface area contributed by atoms with E-state index < -0.39 is 0 Å². The molecule has 0 unspecified atom stereocenters. The van der Waals surface area contributed by atoms with Gasteiger partial charge in [-0.3, -0.25) is 0 Å². The quantitative estimate of drug-likeness (QED) is 0.757. The average molecular weight is 283 g/mol. The van der Waals surface area contributed by atoms with Gasteiger partial charge in [0.25, 0.3) is 0 Å². The van der Waals surface area contributed by atoms with Gasteiger partial charge in [-0.25, -0.2) is 0 Å². The van der Waals surface area contributed by atoms with Crippen LogP contribution in [0.4, 0.5) is 0 Å². The Morgan fingerprint density at radius 2 is 1.90 bits per heavy atom. The van der Waals surface area contributed by atoms with Gasteiger partial charge in [0.2, 0.25) is 0 Å². The Balaban J connectivity index is 2.03. The second-order valence-electron chi connectivity index (χ2n) is 5.53. The summed E-state index contributed by atoms with van der Waals surface area (Å²) in [6.45, 7) is 2.02. The molecule has 21 heavy (non-hydrogen) atoms. The molecule has 0 fully saturated rings. The summed E-state index contributed by atoms with van der Waals surface area (Å²) in [6, 6.07) is 12.5. The van der Waals surface area contributed by atoms with Crippen molar-refractivity contribution in [1.82, 2.24) is 9.88 Å². The minimum absolute atomic E-state index is 0.475. The second kappa shape index (κ2) is 5.76. The third-order valence-corrected chi connectivity index (χ3v) is 3.70. The van der Waals surface area contributed by atoms with Crippen LogP contribution < -0.4 is 10.5 Å². The first-order chi connectivity index (χ1) is 10.2. The number of aromatic amines is 1. The lowest BCUT2D eigenvalue weighted by Gasteiger charge is -2.13. The van der Waals surface area contributed by atoms with Crippen LogP contribution in [0.1, 0.15) is 5.56 Å². The summed E-state index contributed by atoms with van der Waals surface area (Å²) in [5, 5.41) is 2.40.